The number of rotatable bonds is 7. The van der Waals surface area contributed by atoms with Gasteiger partial charge in [0.1, 0.15) is 11.9 Å². The molecule has 8 nitrogen and oxygen atoms in total. The van der Waals surface area contributed by atoms with Crippen LogP contribution in [0.5, 0.6) is 0 Å². The molecule has 0 radical (unpaired) electrons. The Hall–Kier alpha value is -3.43. The van der Waals surface area contributed by atoms with Gasteiger partial charge in [-0.05, 0) is 36.8 Å². The minimum atomic E-state index is -3.50. The SMILES string of the molecule is CCNS(=O)(=O)c1ccc(Nc2cc3c(cn2)N(C)C(=O)[C@@H](C)N3Cc2ccccc2)cc1. The van der Waals surface area contributed by atoms with Gasteiger partial charge in [-0.1, -0.05) is 37.3 Å². The van der Waals surface area contributed by atoms with Crippen molar-refractivity contribution < 1.29 is 13.2 Å². The second-order valence-corrected chi connectivity index (χ2v) is 9.66. The smallest absolute Gasteiger partial charge is 0.249 e. The van der Waals surface area contributed by atoms with Gasteiger partial charge in [0.2, 0.25) is 15.9 Å². The van der Waals surface area contributed by atoms with E-state index in [2.05, 4.69) is 19.9 Å². The van der Waals surface area contributed by atoms with E-state index in [1.54, 1.807) is 49.3 Å². The van der Waals surface area contributed by atoms with Crippen molar-refractivity contribution in [2.45, 2.75) is 31.3 Å². The van der Waals surface area contributed by atoms with Crippen molar-refractivity contribution in [2.75, 3.05) is 28.7 Å². The van der Waals surface area contributed by atoms with Crippen molar-refractivity contribution >= 4 is 38.8 Å². The van der Waals surface area contributed by atoms with Crippen molar-refractivity contribution in [1.29, 1.82) is 0 Å². The number of pyridine rings is 1. The Bertz CT molecular complexity index is 1250. The van der Waals surface area contributed by atoms with Crippen LogP contribution in [0.2, 0.25) is 0 Å². The normalized spacial score (nSPS) is 16.0. The molecule has 0 unspecified atom stereocenters. The number of sulfonamides is 1. The third-order valence-corrected chi connectivity index (χ3v) is 7.22. The van der Waals surface area contributed by atoms with Gasteiger partial charge < -0.3 is 15.1 Å². The Morgan fingerprint density at radius 2 is 1.73 bits per heavy atom. The minimum Gasteiger partial charge on any atom is -0.354 e. The maximum absolute atomic E-state index is 12.8. The quantitative estimate of drug-likeness (QED) is 0.555. The van der Waals surface area contributed by atoms with Crippen LogP contribution in [0.15, 0.2) is 71.8 Å². The Kier molecular flexibility index (Phi) is 6.35. The van der Waals surface area contributed by atoms with E-state index in [0.29, 0.717) is 24.6 Å². The molecule has 172 valence electrons. The van der Waals surface area contributed by atoms with Gasteiger partial charge in [0.15, 0.2) is 0 Å². The summed E-state index contributed by atoms with van der Waals surface area (Å²) in [6, 6.07) is 18.1. The van der Waals surface area contributed by atoms with Crippen LogP contribution in [0.4, 0.5) is 22.9 Å². The molecule has 1 amide bonds. The monoisotopic (exact) mass is 465 g/mol. The van der Waals surface area contributed by atoms with Crippen LogP contribution >= 0.6 is 0 Å². The highest BCUT2D eigenvalue weighted by Crippen LogP contribution is 2.37. The highest BCUT2D eigenvalue weighted by Gasteiger charge is 2.34. The second-order valence-electron chi connectivity index (χ2n) is 7.90. The topological polar surface area (TPSA) is 94.6 Å². The summed E-state index contributed by atoms with van der Waals surface area (Å²) in [6.45, 7) is 4.56. The summed E-state index contributed by atoms with van der Waals surface area (Å²) in [6.07, 6.45) is 1.68. The summed E-state index contributed by atoms with van der Waals surface area (Å²) >= 11 is 0. The van der Waals surface area contributed by atoms with Gasteiger partial charge in [0, 0.05) is 31.9 Å². The average Bonchev–Trinajstić information content (AvgIpc) is 2.81. The minimum absolute atomic E-state index is 0.0124. The number of carbonyl (C=O) groups is 1. The first-order valence-corrected chi connectivity index (χ1v) is 12.2. The van der Waals surface area contributed by atoms with Gasteiger partial charge in [-0.3, -0.25) is 4.79 Å². The Morgan fingerprint density at radius 1 is 1.03 bits per heavy atom. The number of hydrogen-bond acceptors (Lipinski definition) is 6. The zero-order valence-corrected chi connectivity index (χ0v) is 19.6. The number of nitrogens with one attached hydrogen (secondary N) is 2. The van der Waals surface area contributed by atoms with Crippen molar-refractivity contribution in [2.24, 2.45) is 0 Å². The molecule has 3 aromatic rings. The van der Waals surface area contributed by atoms with Crippen LogP contribution in [0.3, 0.4) is 0 Å². The maximum atomic E-state index is 12.8. The van der Waals surface area contributed by atoms with Gasteiger partial charge in [-0.15, -0.1) is 0 Å². The van der Waals surface area contributed by atoms with Crippen molar-refractivity contribution in [3.63, 3.8) is 0 Å². The van der Waals surface area contributed by atoms with Crippen molar-refractivity contribution in [1.82, 2.24) is 9.71 Å². The zero-order valence-electron chi connectivity index (χ0n) is 18.8. The van der Waals surface area contributed by atoms with Crippen LogP contribution in [-0.2, 0) is 21.4 Å². The number of fused-ring (bicyclic) bond motifs is 1. The predicted octanol–water partition coefficient (Wildman–Crippen LogP) is 3.49. The molecule has 1 atom stereocenters. The Labute approximate surface area is 194 Å². The molecule has 1 aromatic heterocycles. The molecule has 0 fully saturated rings. The summed E-state index contributed by atoms with van der Waals surface area (Å²) in [5, 5.41) is 3.23. The predicted molar refractivity (Wildman–Crippen MR) is 130 cm³/mol. The first kappa shape index (κ1) is 22.8. The molecule has 0 saturated heterocycles. The van der Waals surface area contributed by atoms with E-state index in [0.717, 1.165) is 16.9 Å². The summed E-state index contributed by atoms with van der Waals surface area (Å²) in [5.41, 5.74) is 3.46. The number of aromatic nitrogens is 1. The lowest BCUT2D eigenvalue weighted by Gasteiger charge is -2.40. The number of anilines is 4. The van der Waals surface area contributed by atoms with Crippen LogP contribution in [0.25, 0.3) is 0 Å². The van der Waals surface area contributed by atoms with Gasteiger partial charge in [-0.2, -0.15) is 0 Å². The molecule has 4 rings (SSSR count). The fourth-order valence-corrected chi connectivity index (χ4v) is 4.92. The molecular weight excluding hydrogens is 438 g/mol. The fourth-order valence-electron chi connectivity index (χ4n) is 3.88. The molecule has 1 aliphatic heterocycles. The third-order valence-electron chi connectivity index (χ3n) is 5.66. The lowest BCUT2D eigenvalue weighted by atomic mass is 10.1. The summed E-state index contributed by atoms with van der Waals surface area (Å²) in [7, 11) is -1.74. The van der Waals surface area contributed by atoms with E-state index < -0.39 is 10.0 Å². The molecule has 1 aliphatic rings. The number of hydrogen-bond donors (Lipinski definition) is 2. The average molecular weight is 466 g/mol. The molecule has 0 spiro atoms. The van der Waals surface area contributed by atoms with E-state index in [1.807, 2.05) is 43.3 Å². The Morgan fingerprint density at radius 3 is 2.39 bits per heavy atom. The molecule has 33 heavy (non-hydrogen) atoms. The lowest BCUT2D eigenvalue weighted by molar-refractivity contribution is -0.119. The maximum Gasteiger partial charge on any atom is 0.249 e. The first-order chi connectivity index (χ1) is 15.8. The number of carbonyl (C=O) groups excluding carboxylic acids is 1. The van der Waals surface area contributed by atoms with Gasteiger partial charge in [0.25, 0.3) is 0 Å². The molecule has 0 aliphatic carbocycles. The number of benzene rings is 2. The zero-order chi connectivity index (χ0) is 23.6. The molecule has 2 aromatic carbocycles. The summed E-state index contributed by atoms with van der Waals surface area (Å²) in [4.78, 5) is 21.2. The molecule has 9 heteroatoms. The second kappa shape index (κ2) is 9.21. The van der Waals surface area contributed by atoms with E-state index in [1.165, 1.54) is 0 Å². The van der Waals surface area contributed by atoms with Crippen LogP contribution in [-0.4, -0.2) is 38.9 Å². The van der Waals surface area contributed by atoms with Crippen LogP contribution in [0, 0.1) is 0 Å². The van der Waals surface area contributed by atoms with E-state index in [-0.39, 0.29) is 16.8 Å². The molecule has 2 N–H and O–H groups in total. The van der Waals surface area contributed by atoms with Gasteiger partial charge in [-0.25, -0.2) is 18.1 Å². The molecule has 0 bridgehead atoms. The van der Waals surface area contributed by atoms with Gasteiger partial charge >= 0.3 is 0 Å². The van der Waals surface area contributed by atoms with E-state index >= 15 is 0 Å². The molecular formula is C24H27N5O3S. The van der Waals surface area contributed by atoms with Crippen LogP contribution < -0.4 is 19.8 Å². The summed E-state index contributed by atoms with van der Waals surface area (Å²) < 4.78 is 26.8. The van der Waals surface area contributed by atoms with E-state index in [4.69, 9.17) is 0 Å². The van der Waals surface area contributed by atoms with Crippen molar-refractivity contribution in [3.8, 4) is 0 Å². The van der Waals surface area contributed by atoms with Crippen molar-refractivity contribution in [3.05, 3.63) is 72.4 Å². The largest absolute Gasteiger partial charge is 0.354 e. The molecule has 2 heterocycles. The van der Waals surface area contributed by atoms with Gasteiger partial charge in [0.05, 0.1) is 22.5 Å². The standard InChI is InChI=1S/C24H27N5O3S/c1-4-26-33(31,32)20-12-10-19(11-13-20)27-23-14-21-22(15-25-23)28(3)24(30)17(2)29(21)16-18-8-6-5-7-9-18/h5-15,17,26H,4,16H2,1-3H3,(H,25,27)/t17-/m1/s1. The van der Waals surface area contributed by atoms with Crippen LogP contribution in [0.1, 0.15) is 19.4 Å². The number of likely N-dealkylation sites (N-methyl/N-ethyl adjacent to an activating group) is 1. The Balaban J connectivity index is 1.63. The number of nitrogens with zero attached hydrogens (tertiary/aromatic N) is 3. The highest BCUT2D eigenvalue weighted by molar-refractivity contribution is 7.89. The van der Waals surface area contributed by atoms with E-state index in [9.17, 15) is 13.2 Å². The number of amides is 1. The molecule has 0 saturated carbocycles. The third kappa shape index (κ3) is 4.69. The lowest BCUT2D eigenvalue weighted by Crippen LogP contribution is -2.50. The highest BCUT2D eigenvalue weighted by atomic mass is 32.2. The first-order valence-electron chi connectivity index (χ1n) is 10.7. The fraction of sp³-hybridized carbons (Fsp3) is 0.250. The summed E-state index contributed by atoms with van der Waals surface area (Å²) in [5.74, 6) is 0.613.